The van der Waals surface area contributed by atoms with Gasteiger partial charge in [0, 0.05) is 13.5 Å². The number of carbonyl (C=O) groups excluding carboxylic acids is 5. The molecule has 2 N–H and O–H groups in total. The molecule has 0 aromatic heterocycles. The Morgan fingerprint density at radius 1 is 0.950 bits per heavy atom. The Labute approximate surface area is 239 Å². The van der Waals surface area contributed by atoms with E-state index in [2.05, 4.69) is 24.5 Å². The maximum Gasteiger partial charge on any atom is 0.408 e. The zero-order valence-electron chi connectivity index (χ0n) is 25.9. The first-order chi connectivity index (χ1) is 18.5. The summed E-state index contributed by atoms with van der Waals surface area (Å²) >= 11 is 0. The summed E-state index contributed by atoms with van der Waals surface area (Å²) in [4.78, 5) is 67.4. The highest BCUT2D eigenvalue weighted by Crippen LogP contribution is 2.65. The van der Waals surface area contributed by atoms with Crippen molar-refractivity contribution in [2.75, 3.05) is 6.54 Å². The maximum absolute atomic E-state index is 14.3. The molecule has 1 aliphatic carbocycles. The maximum atomic E-state index is 14.3. The zero-order chi connectivity index (χ0) is 30.0. The van der Waals surface area contributed by atoms with Crippen molar-refractivity contribution in [1.29, 1.82) is 0 Å². The highest BCUT2D eigenvalue weighted by atomic mass is 16.6. The van der Waals surface area contributed by atoms with E-state index in [0.717, 1.165) is 51.4 Å². The summed E-state index contributed by atoms with van der Waals surface area (Å²) in [5.74, 6) is -1.80. The molecule has 9 heteroatoms. The molecule has 40 heavy (non-hydrogen) atoms. The van der Waals surface area contributed by atoms with Crippen molar-refractivity contribution in [3.05, 3.63) is 0 Å². The Kier molecular flexibility index (Phi) is 9.78. The molecule has 9 nitrogen and oxygen atoms in total. The van der Waals surface area contributed by atoms with Crippen LogP contribution >= 0.6 is 0 Å². The van der Waals surface area contributed by atoms with Crippen LogP contribution in [0.15, 0.2) is 0 Å². The molecule has 2 saturated heterocycles. The van der Waals surface area contributed by atoms with Crippen molar-refractivity contribution in [1.82, 2.24) is 15.5 Å². The largest absolute Gasteiger partial charge is 0.444 e. The molecule has 5 atom stereocenters. The van der Waals surface area contributed by atoms with E-state index in [9.17, 15) is 24.0 Å². The summed E-state index contributed by atoms with van der Waals surface area (Å²) in [5, 5.41) is 5.74. The normalized spacial score (nSPS) is 31.2. The third kappa shape index (κ3) is 7.43. The molecular formula is C31H51N3O6. The molecule has 0 spiro atoms. The predicted octanol–water partition coefficient (Wildman–Crippen LogP) is 4.56. The van der Waals surface area contributed by atoms with Crippen LogP contribution in [0.3, 0.4) is 0 Å². The number of nitrogens with zero attached hydrogens (tertiary/aromatic N) is 1. The summed E-state index contributed by atoms with van der Waals surface area (Å²) < 4.78 is 5.52. The lowest BCUT2D eigenvalue weighted by Crippen LogP contribution is -2.61. The molecule has 3 rings (SSSR count). The van der Waals surface area contributed by atoms with Crippen LogP contribution in [0.5, 0.6) is 0 Å². The number of nitrogens with one attached hydrogen (secondary N) is 2. The quantitative estimate of drug-likeness (QED) is 0.488. The number of rotatable bonds is 3. The highest BCUT2D eigenvalue weighted by molar-refractivity contribution is 6.38. The first kappa shape index (κ1) is 32.1. The van der Waals surface area contributed by atoms with Gasteiger partial charge in [-0.05, 0) is 56.3 Å². The number of carbonyl (C=O) groups is 5. The van der Waals surface area contributed by atoms with Gasteiger partial charge in [0.15, 0.2) is 5.78 Å². The second kappa shape index (κ2) is 12.2. The lowest BCUT2D eigenvalue weighted by Gasteiger charge is -2.39. The summed E-state index contributed by atoms with van der Waals surface area (Å²) in [5.41, 5.74) is -1.44. The van der Waals surface area contributed by atoms with E-state index in [1.807, 2.05) is 13.8 Å². The van der Waals surface area contributed by atoms with Gasteiger partial charge < -0.3 is 20.3 Å². The lowest BCUT2D eigenvalue weighted by atomic mass is 9.78. The number of hydrogen-bond donors (Lipinski definition) is 2. The molecule has 0 aromatic carbocycles. The van der Waals surface area contributed by atoms with Gasteiger partial charge in [-0.2, -0.15) is 0 Å². The Morgan fingerprint density at radius 3 is 2.10 bits per heavy atom. The van der Waals surface area contributed by atoms with E-state index < -0.39 is 52.7 Å². The van der Waals surface area contributed by atoms with E-state index >= 15 is 0 Å². The van der Waals surface area contributed by atoms with Crippen molar-refractivity contribution >= 4 is 29.5 Å². The zero-order valence-corrected chi connectivity index (χ0v) is 25.9. The standard InChI is InChI=1S/C31H51N3O6/c1-19(35)24(36)21-16-14-12-10-9-11-13-15-17-30(5,6)25(33-28(39)40-29(2,3)4)27(38)34-18-20-22(31(20,7)8)23(34)26(37)32-21/h20-23,25H,9-18H2,1-8H3,(H,32,37)(H,33,39)/t20?,21-,22?,23-,25+/m0/s1. The van der Waals surface area contributed by atoms with Crippen LogP contribution in [0.25, 0.3) is 0 Å². The monoisotopic (exact) mass is 561 g/mol. The minimum absolute atomic E-state index is 0.0584. The van der Waals surface area contributed by atoms with Crippen molar-refractivity contribution < 1.29 is 28.7 Å². The molecule has 0 aromatic rings. The van der Waals surface area contributed by atoms with Crippen LogP contribution < -0.4 is 10.6 Å². The van der Waals surface area contributed by atoms with Gasteiger partial charge in [-0.15, -0.1) is 0 Å². The van der Waals surface area contributed by atoms with Crippen LogP contribution in [-0.4, -0.2) is 64.6 Å². The van der Waals surface area contributed by atoms with Gasteiger partial charge in [0.2, 0.25) is 17.6 Å². The van der Waals surface area contributed by atoms with Crippen LogP contribution in [0.1, 0.15) is 113 Å². The van der Waals surface area contributed by atoms with Gasteiger partial charge in [0.05, 0.1) is 6.04 Å². The number of amides is 3. The molecule has 3 amide bonds. The van der Waals surface area contributed by atoms with Gasteiger partial charge >= 0.3 is 6.09 Å². The smallest absolute Gasteiger partial charge is 0.408 e. The number of fused-ring (bicyclic) bond motifs is 3. The Morgan fingerprint density at radius 2 is 1.52 bits per heavy atom. The summed E-state index contributed by atoms with van der Waals surface area (Å²) in [6.07, 6.45) is 7.22. The van der Waals surface area contributed by atoms with Gasteiger partial charge in [-0.3, -0.25) is 19.2 Å². The summed E-state index contributed by atoms with van der Waals surface area (Å²) in [6, 6.07) is -2.56. The molecule has 2 heterocycles. The van der Waals surface area contributed by atoms with E-state index in [-0.39, 0.29) is 23.2 Å². The fraction of sp³-hybridized carbons (Fsp3) is 0.839. The first-order valence-corrected chi connectivity index (χ1v) is 15.1. The first-order valence-electron chi connectivity index (χ1n) is 15.1. The molecule has 2 aliphatic heterocycles. The second-order valence-corrected chi connectivity index (χ2v) is 14.5. The molecule has 226 valence electrons. The lowest BCUT2D eigenvalue weighted by molar-refractivity contribution is -0.145. The molecule has 1 saturated carbocycles. The van der Waals surface area contributed by atoms with E-state index in [1.54, 1.807) is 25.7 Å². The number of ketones is 2. The second-order valence-electron chi connectivity index (χ2n) is 14.5. The topological polar surface area (TPSA) is 122 Å². The van der Waals surface area contributed by atoms with E-state index in [4.69, 9.17) is 4.74 Å². The van der Waals surface area contributed by atoms with Crippen molar-refractivity contribution in [2.45, 2.75) is 137 Å². The fourth-order valence-corrected chi connectivity index (χ4v) is 6.72. The summed E-state index contributed by atoms with van der Waals surface area (Å²) in [7, 11) is 0. The van der Waals surface area contributed by atoms with E-state index in [0.29, 0.717) is 13.0 Å². The number of hydrogen-bond acceptors (Lipinski definition) is 6. The third-order valence-corrected chi connectivity index (χ3v) is 9.24. The molecular weight excluding hydrogens is 510 g/mol. The minimum atomic E-state index is -0.898. The highest BCUT2D eigenvalue weighted by Gasteiger charge is 2.70. The van der Waals surface area contributed by atoms with E-state index in [1.165, 1.54) is 6.92 Å². The number of alkyl carbamates (subject to hydrolysis) is 1. The fourth-order valence-electron chi connectivity index (χ4n) is 6.72. The Balaban J connectivity index is 1.96. The van der Waals surface area contributed by atoms with Crippen molar-refractivity contribution in [3.63, 3.8) is 0 Å². The minimum Gasteiger partial charge on any atom is -0.444 e. The molecule has 0 radical (unpaired) electrons. The van der Waals surface area contributed by atoms with Gasteiger partial charge in [-0.1, -0.05) is 72.6 Å². The molecule has 0 bridgehead atoms. The average Bonchev–Trinajstić information content (AvgIpc) is 3.15. The van der Waals surface area contributed by atoms with Crippen molar-refractivity contribution in [2.24, 2.45) is 22.7 Å². The van der Waals surface area contributed by atoms with Gasteiger partial charge in [0.1, 0.15) is 17.7 Å². The number of Topliss-reactive ketones (excluding diaryl/α,β-unsaturated/α-hetero) is 2. The van der Waals surface area contributed by atoms with Crippen LogP contribution in [0.2, 0.25) is 0 Å². The Hall–Kier alpha value is -2.45. The molecule has 3 fully saturated rings. The van der Waals surface area contributed by atoms with Crippen LogP contribution in [-0.2, 0) is 23.9 Å². The van der Waals surface area contributed by atoms with Crippen LogP contribution in [0, 0.1) is 22.7 Å². The van der Waals surface area contributed by atoms with Gasteiger partial charge in [0.25, 0.3) is 0 Å². The third-order valence-electron chi connectivity index (χ3n) is 9.24. The summed E-state index contributed by atoms with van der Waals surface area (Å²) in [6.45, 7) is 15.1. The SMILES string of the molecule is CC(=O)C(=O)[C@@H]1CCCCCCCCCC(C)(C)[C@H](NC(=O)OC(C)(C)C)C(=O)N2CC3C([C@H]2C(=O)N1)C3(C)C. The number of ether oxygens (including phenoxy) is 1. The van der Waals surface area contributed by atoms with Crippen LogP contribution in [0.4, 0.5) is 4.79 Å². The van der Waals surface area contributed by atoms with Gasteiger partial charge in [-0.25, -0.2) is 4.79 Å². The average molecular weight is 562 g/mol. The molecule has 2 unspecified atom stereocenters. The molecule has 3 aliphatic rings. The Bertz CT molecular complexity index is 998. The predicted molar refractivity (Wildman–Crippen MR) is 152 cm³/mol. The van der Waals surface area contributed by atoms with Crippen molar-refractivity contribution in [3.8, 4) is 0 Å². The number of piperidine rings is 1.